The molecule has 42 heavy (non-hydrogen) atoms. The van der Waals surface area contributed by atoms with Crippen molar-refractivity contribution in [3.05, 3.63) is 0 Å². The molecular formula is C24H45NO17. The summed E-state index contributed by atoms with van der Waals surface area (Å²) in [4.78, 5) is 0. The fraction of sp³-hybridized carbons (Fsp3) is 1.00. The molecule has 0 aromatic carbocycles. The van der Waals surface area contributed by atoms with Crippen LogP contribution in [0.25, 0.3) is 0 Å². The Balaban J connectivity index is 1.78. The third-order valence-corrected chi connectivity index (χ3v) is 7.99. The second-order valence-corrected chi connectivity index (χ2v) is 10.9. The van der Waals surface area contributed by atoms with E-state index in [1.54, 1.807) is 6.92 Å². The topological polar surface area (TPSA) is 290 Å². The summed E-state index contributed by atoms with van der Waals surface area (Å²) in [6.45, 7) is -1.66. The lowest BCUT2D eigenvalue weighted by atomic mass is 9.92. The highest BCUT2D eigenvalue weighted by atomic mass is 16.7. The minimum Gasteiger partial charge on any atom is -0.394 e. The van der Waals surface area contributed by atoms with E-state index >= 15 is 0 Å². The van der Waals surface area contributed by atoms with E-state index in [-0.39, 0.29) is 6.61 Å². The first-order chi connectivity index (χ1) is 19.8. The first-order valence-electron chi connectivity index (χ1n) is 13.6. The molecule has 3 heterocycles. The third kappa shape index (κ3) is 7.73. The first kappa shape index (κ1) is 35.8. The van der Waals surface area contributed by atoms with Crippen LogP contribution in [0.1, 0.15) is 6.92 Å². The fourth-order valence-corrected chi connectivity index (χ4v) is 4.89. The zero-order valence-electron chi connectivity index (χ0n) is 23.3. The molecule has 18 heteroatoms. The highest BCUT2D eigenvalue weighted by Crippen LogP contribution is 2.29. The van der Waals surface area contributed by atoms with Gasteiger partial charge in [-0.25, -0.2) is 0 Å². The van der Waals surface area contributed by atoms with Crippen molar-refractivity contribution in [3.8, 4) is 0 Å². The maximum absolute atomic E-state index is 10.4. The number of likely N-dealkylation sites (N-methyl/N-ethyl adjacent to an activating group) is 1. The quantitative estimate of drug-likeness (QED) is 0.0911. The average Bonchev–Trinajstić information content (AvgIpc) is 2.99. The highest BCUT2D eigenvalue weighted by molar-refractivity contribution is 4.94. The van der Waals surface area contributed by atoms with Crippen LogP contribution in [-0.2, 0) is 28.4 Å². The van der Waals surface area contributed by atoms with E-state index in [4.69, 9.17) is 28.4 Å². The van der Waals surface area contributed by atoms with Gasteiger partial charge in [-0.3, -0.25) is 0 Å². The summed E-state index contributed by atoms with van der Waals surface area (Å²) >= 11 is 0. The van der Waals surface area contributed by atoms with Gasteiger partial charge >= 0.3 is 0 Å². The van der Waals surface area contributed by atoms with Gasteiger partial charge in [-0.15, -0.1) is 0 Å². The van der Waals surface area contributed by atoms with Gasteiger partial charge in [0.15, 0.2) is 18.9 Å². The van der Waals surface area contributed by atoms with Crippen LogP contribution in [0, 0.1) is 5.92 Å². The van der Waals surface area contributed by atoms with Crippen LogP contribution < -0.4 is 5.32 Å². The van der Waals surface area contributed by atoms with Gasteiger partial charge in [0, 0.05) is 5.92 Å². The van der Waals surface area contributed by atoms with Crippen LogP contribution in [0.15, 0.2) is 0 Å². The number of aliphatic hydroxyl groups is 11. The van der Waals surface area contributed by atoms with Crippen molar-refractivity contribution in [1.29, 1.82) is 0 Å². The average molecular weight is 620 g/mol. The summed E-state index contributed by atoms with van der Waals surface area (Å²) in [5.74, 6) is -0.768. The minimum atomic E-state index is -1.73. The molecule has 15 unspecified atom stereocenters. The molecule has 0 bridgehead atoms. The number of hydrogen-bond acceptors (Lipinski definition) is 18. The van der Waals surface area contributed by atoms with Crippen molar-refractivity contribution in [1.82, 2.24) is 5.32 Å². The zero-order chi connectivity index (χ0) is 31.4. The van der Waals surface area contributed by atoms with E-state index in [1.807, 2.05) is 0 Å². The van der Waals surface area contributed by atoms with Crippen molar-refractivity contribution in [2.24, 2.45) is 5.92 Å². The van der Waals surface area contributed by atoms with Gasteiger partial charge in [-0.1, -0.05) is 6.92 Å². The maximum atomic E-state index is 10.4. The second-order valence-electron chi connectivity index (χ2n) is 10.9. The Kier molecular flexibility index (Phi) is 13.2. The molecule has 0 spiro atoms. The minimum absolute atomic E-state index is 0.353. The van der Waals surface area contributed by atoms with Crippen LogP contribution in [0.2, 0.25) is 0 Å². The smallest absolute Gasteiger partial charge is 0.186 e. The summed E-state index contributed by atoms with van der Waals surface area (Å²) in [6, 6.07) is 0. The molecule has 3 saturated heterocycles. The molecule has 3 rings (SSSR count). The lowest BCUT2D eigenvalue weighted by Gasteiger charge is -2.44. The molecule has 3 aliphatic heterocycles. The van der Waals surface area contributed by atoms with Gasteiger partial charge in [-0.05, 0) is 7.05 Å². The monoisotopic (exact) mass is 619 g/mol. The van der Waals surface area contributed by atoms with Crippen LogP contribution in [0.4, 0.5) is 0 Å². The normalized spacial score (nSPS) is 46.4. The molecule has 0 aromatic heterocycles. The molecule has 0 aromatic rings. The summed E-state index contributed by atoms with van der Waals surface area (Å²) in [7, 11) is 1.47. The molecular weight excluding hydrogens is 574 g/mol. The Bertz CT molecular complexity index is 709. The zero-order valence-corrected chi connectivity index (χ0v) is 23.3. The summed E-state index contributed by atoms with van der Waals surface area (Å²) in [5, 5.41) is 113. The van der Waals surface area contributed by atoms with E-state index < -0.39 is 131 Å². The molecule has 3 fully saturated rings. The SMILES string of the molecule is CNC(COC1OC(CO)C(O)C(O)C1C)(COC1OC(CO)C(O)C(O)C1O)COC1OC(CO)C(O)C(O)C1O. The van der Waals surface area contributed by atoms with Crippen molar-refractivity contribution in [2.45, 2.75) is 98.5 Å². The summed E-state index contributed by atoms with van der Waals surface area (Å²) in [6.07, 6.45) is -20.7. The number of hydrogen-bond donors (Lipinski definition) is 12. The number of nitrogens with one attached hydrogen (secondary N) is 1. The van der Waals surface area contributed by atoms with Crippen molar-refractivity contribution >= 4 is 0 Å². The van der Waals surface area contributed by atoms with E-state index in [0.29, 0.717) is 0 Å². The molecule has 248 valence electrons. The maximum Gasteiger partial charge on any atom is 0.186 e. The molecule has 0 radical (unpaired) electrons. The molecule has 0 aliphatic carbocycles. The summed E-state index contributed by atoms with van der Waals surface area (Å²) in [5.41, 5.74) is -1.43. The van der Waals surface area contributed by atoms with Gasteiger partial charge in [0.1, 0.15) is 61.0 Å². The van der Waals surface area contributed by atoms with Crippen LogP contribution in [-0.4, -0.2) is 194 Å². The molecule has 18 nitrogen and oxygen atoms in total. The molecule has 15 atom stereocenters. The van der Waals surface area contributed by atoms with Gasteiger partial charge < -0.3 is 89.9 Å². The standard InChI is InChI=1S/C24H45NO17/c1-9-13(29)14(30)10(3-26)40-21(9)37-6-24(25-2,7-38-22-19(35)17(33)15(31)11(4-27)41-22)8-39-23-20(36)18(34)16(32)12(5-28)42-23/h9-23,25-36H,3-8H2,1-2H3. The number of aliphatic hydroxyl groups excluding tert-OH is 11. The highest BCUT2D eigenvalue weighted by Gasteiger charge is 2.48. The van der Waals surface area contributed by atoms with E-state index in [9.17, 15) is 56.2 Å². The van der Waals surface area contributed by atoms with Crippen LogP contribution in [0.5, 0.6) is 0 Å². The predicted octanol–water partition coefficient (Wildman–Crippen LogP) is -7.33. The van der Waals surface area contributed by atoms with Crippen molar-refractivity contribution in [3.63, 3.8) is 0 Å². The van der Waals surface area contributed by atoms with Gasteiger partial charge in [-0.2, -0.15) is 0 Å². The third-order valence-electron chi connectivity index (χ3n) is 7.99. The Morgan fingerprint density at radius 3 is 1.21 bits per heavy atom. The number of ether oxygens (including phenoxy) is 6. The molecule has 0 saturated carbocycles. The lowest BCUT2D eigenvalue weighted by Crippen LogP contribution is -2.63. The largest absolute Gasteiger partial charge is 0.394 e. The lowest BCUT2D eigenvalue weighted by molar-refractivity contribution is -0.320. The summed E-state index contributed by atoms with van der Waals surface area (Å²) < 4.78 is 33.7. The van der Waals surface area contributed by atoms with Gasteiger partial charge in [0.25, 0.3) is 0 Å². The fourth-order valence-electron chi connectivity index (χ4n) is 4.89. The predicted molar refractivity (Wildman–Crippen MR) is 134 cm³/mol. The first-order valence-corrected chi connectivity index (χ1v) is 13.6. The van der Waals surface area contributed by atoms with E-state index in [2.05, 4.69) is 5.32 Å². The molecule has 12 N–H and O–H groups in total. The van der Waals surface area contributed by atoms with E-state index in [0.717, 1.165) is 0 Å². The van der Waals surface area contributed by atoms with E-state index in [1.165, 1.54) is 7.05 Å². The number of rotatable bonds is 13. The second kappa shape index (κ2) is 15.5. The molecule has 3 aliphatic rings. The molecule has 0 amide bonds. The Hall–Kier alpha value is -0.720. The van der Waals surface area contributed by atoms with Crippen LogP contribution in [0.3, 0.4) is 0 Å². The van der Waals surface area contributed by atoms with Crippen molar-refractivity contribution in [2.75, 3.05) is 46.7 Å². The van der Waals surface area contributed by atoms with Gasteiger partial charge in [0.05, 0.1) is 51.3 Å². The van der Waals surface area contributed by atoms with Crippen molar-refractivity contribution < 1.29 is 84.6 Å². The van der Waals surface area contributed by atoms with Crippen LogP contribution >= 0.6 is 0 Å². The van der Waals surface area contributed by atoms with Gasteiger partial charge in [0.2, 0.25) is 0 Å². The Labute approximate surface area is 241 Å². The Morgan fingerprint density at radius 1 is 0.524 bits per heavy atom. The Morgan fingerprint density at radius 2 is 0.857 bits per heavy atom.